The summed E-state index contributed by atoms with van der Waals surface area (Å²) in [4.78, 5) is 29.4. The molecule has 0 aromatic heterocycles. The van der Waals surface area contributed by atoms with E-state index in [1.165, 1.54) is 0 Å². The summed E-state index contributed by atoms with van der Waals surface area (Å²) < 4.78 is 11.4. The first-order valence-electron chi connectivity index (χ1n) is 9.85. The van der Waals surface area contributed by atoms with Crippen molar-refractivity contribution in [2.75, 3.05) is 25.1 Å². The summed E-state index contributed by atoms with van der Waals surface area (Å²) >= 11 is 0. The van der Waals surface area contributed by atoms with Gasteiger partial charge in [0.25, 0.3) is 0 Å². The zero-order valence-electron chi connectivity index (χ0n) is 16.6. The number of carbonyl (C=O) groups excluding carboxylic acids is 2. The van der Waals surface area contributed by atoms with E-state index in [4.69, 9.17) is 9.47 Å². The Kier molecular flexibility index (Phi) is 5.29. The van der Waals surface area contributed by atoms with E-state index in [0.717, 1.165) is 17.0 Å². The summed E-state index contributed by atoms with van der Waals surface area (Å²) in [6.07, 6.45) is 0.291. The third kappa shape index (κ3) is 3.72. The Morgan fingerprint density at radius 1 is 1.21 bits per heavy atom. The van der Waals surface area contributed by atoms with Gasteiger partial charge in [-0.3, -0.25) is 4.79 Å². The fourth-order valence-electron chi connectivity index (χ4n) is 3.93. The van der Waals surface area contributed by atoms with Gasteiger partial charge in [-0.05, 0) is 36.8 Å². The highest BCUT2D eigenvalue weighted by Crippen LogP contribution is 2.37. The molecule has 2 atom stereocenters. The molecular formula is C22H25N3O4. The molecule has 1 fully saturated rings. The van der Waals surface area contributed by atoms with E-state index in [1.54, 1.807) is 16.9 Å². The Bertz CT molecular complexity index is 899. The van der Waals surface area contributed by atoms with Crippen LogP contribution in [0.25, 0.3) is 0 Å². The molecule has 7 heteroatoms. The zero-order chi connectivity index (χ0) is 20.4. The Morgan fingerprint density at radius 3 is 2.69 bits per heavy atom. The van der Waals surface area contributed by atoms with Crippen LogP contribution in [0.5, 0.6) is 11.5 Å². The minimum absolute atomic E-state index is 0.0923. The maximum Gasteiger partial charge on any atom is 0.318 e. The maximum absolute atomic E-state index is 13.6. The van der Waals surface area contributed by atoms with Crippen molar-refractivity contribution in [3.8, 4) is 11.5 Å². The molecule has 0 saturated carbocycles. The lowest BCUT2D eigenvalue weighted by atomic mass is 10.1. The van der Waals surface area contributed by atoms with Gasteiger partial charge < -0.3 is 24.6 Å². The van der Waals surface area contributed by atoms with E-state index in [0.29, 0.717) is 31.8 Å². The quantitative estimate of drug-likeness (QED) is 0.864. The van der Waals surface area contributed by atoms with Gasteiger partial charge >= 0.3 is 6.03 Å². The Morgan fingerprint density at radius 2 is 1.97 bits per heavy atom. The molecule has 1 saturated heterocycles. The number of nitrogens with zero attached hydrogens (tertiary/aromatic N) is 2. The summed E-state index contributed by atoms with van der Waals surface area (Å²) in [5, 5.41) is 2.81. The molecule has 2 bridgehead atoms. The van der Waals surface area contributed by atoms with Gasteiger partial charge in [0.15, 0.2) is 0 Å². The fraction of sp³-hybridized carbons (Fsp3) is 0.364. The van der Waals surface area contributed by atoms with Crippen molar-refractivity contribution in [1.82, 2.24) is 10.2 Å². The standard InChI is InChI=1S/C22H25N3O4/c1-3-23-22(27)25-14-17-12-19(25)21(26)24(18-6-4-5-7-20(18)29-17)13-15-8-10-16(28-2)11-9-15/h4-11,17,19H,3,12-14H2,1-2H3,(H,23,27)/t17-,19-/m0/s1. The molecule has 3 amide bonds. The van der Waals surface area contributed by atoms with Crippen LogP contribution in [0.3, 0.4) is 0 Å². The fourth-order valence-corrected chi connectivity index (χ4v) is 3.93. The van der Waals surface area contributed by atoms with Crippen molar-refractivity contribution < 1.29 is 19.1 Å². The Hall–Kier alpha value is -3.22. The molecule has 1 N–H and O–H groups in total. The summed E-state index contributed by atoms with van der Waals surface area (Å²) in [5.41, 5.74) is 1.69. The molecule has 2 aromatic carbocycles. The number of rotatable bonds is 4. The van der Waals surface area contributed by atoms with Crippen molar-refractivity contribution in [3.05, 3.63) is 54.1 Å². The number of urea groups is 1. The van der Waals surface area contributed by atoms with Crippen LogP contribution < -0.4 is 19.7 Å². The second-order valence-corrected chi connectivity index (χ2v) is 7.22. The van der Waals surface area contributed by atoms with E-state index in [9.17, 15) is 9.59 Å². The van der Waals surface area contributed by atoms with Gasteiger partial charge in [-0.25, -0.2) is 4.79 Å². The summed E-state index contributed by atoms with van der Waals surface area (Å²) in [7, 11) is 1.62. The van der Waals surface area contributed by atoms with Gasteiger partial charge in [-0.2, -0.15) is 0 Å². The smallest absolute Gasteiger partial charge is 0.318 e. The third-order valence-corrected chi connectivity index (χ3v) is 5.35. The van der Waals surface area contributed by atoms with Crippen LogP contribution in [0, 0.1) is 0 Å². The molecule has 0 aliphatic carbocycles. The number of anilines is 1. The van der Waals surface area contributed by atoms with Crippen LogP contribution in [0.15, 0.2) is 48.5 Å². The number of hydrogen-bond acceptors (Lipinski definition) is 4. The van der Waals surface area contributed by atoms with Crippen molar-refractivity contribution in [2.24, 2.45) is 0 Å². The average Bonchev–Trinajstić information content (AvgIpc) is 3.17. The summed E-state index contributed by atoms with van der Waals surface area (Å²) in [5.74, 6) is 1.33. The largest absolute Gasteiger partial charge is 0.497 e. The maximum atomic E-state index is 13.6. The van der Waals surface area contributed by atoms with E-state index in [1.807, 2.05) is 55.5 Å². The topological polar surface area (TPSA) is 71.1 Å². The van der Waals surface area contributed by atoms with Crippen LogP contribution in [0.4, 0.5) is 10.5 Å². The number of benzene rings is 2. The van der Waals surface area contributed by atoms with Crippen LogP contribution >= 0.6 is 0 Å². The van der Waals surface area contributed by atoms with Gasteiger partial charge in [0.1, 0.15) is 23.6 Å². The van der Waals surface area contributed by atoms with Crippen molar-refractivity contribution in [2.45, 2.75) is 32.0 Å². The van der Waals surface area contributed by atoms with E-state index in [-0.39, 0.29) is 18.0 Å². The molecular weight excluding hydrogens is 370 g/mol. The minimum Gasteiger partial charge on any atom is -0.497 e. The molecule has 152 valence electrons. The van der Waals surface area contributed by atoms with E-state index < -0.39 is 6.04 Å². The normalized spacial score (nSPS) is 20.4. The highest BCUT2D eigenvalue weighted by molar-refractivity contribution is 6.00. The first-order chi connectivity index (χ1) is 14.1. The number of fused-ring (bicyclic) bond motifs is 3. The second kappa shape index (κ2) is 8.03. The van der Waals surface area contributed by atoms with Crippen LogP contribution in [-0.4, -0.2) is 49.2 Å². The molecule has 0 radical (unpaired) electrons. The molecule has 29 heavy (non-hydrogen) atoms. The number of carbonyl (C=O) groups is 2. The lowest BCUT2D eigenvalue weighted by Crippen LogP contribution is -2.50. The summed E-state index contributed by atoms with van der Waals surface area (Å²) in [6, 6.07) is 14.4. The number of likely N-dealkylation sites (tertiary alicyclic amines) is 1. The van der Waals surface area contributed by atoms with E-state index >= 15 is 0 Å². The van der Waals surface area contributed by atoms with Crippen molar-refractivity contribution >= 4 is 17.6 Å². The molecule has 0 unspecified atom stereocenters. The number of methoxy groups -OCH3 is 1. The minimum atomic E-state index is -0.543. The SMILES string of the molecule is CCNC(=O)N1C[C@@H]2C[C@H]1C(=O)N(Cc1ccc(OC)cc1)c1ccccc1O2. The Balaban J connectivity index is 1.69. The van der Waals surface area contributed by atoms with Crippen molar-refractivity contribution in [1.29, 1.82) is 0 Å². The first-order valence-corrected chi connectivity index (χ1v) is 9.85. The van der Waals surface area contributed by atoms with Crippen LogP contribution in [-0.2, 0) is 11.3 Å². The molecule has 2 aliphatic rings. The third-order valence-electron chi connectivity index (χ3n) is 5.35. The van der Waals surface area contributed by atoms with Crippen LogP contribution in [0.2, 0.25) is 0 Å². The predicted molar refractivity (Wildman–Crippen MR) is 109 cm³/mol. The molecule has 0 spiro atoms. The Labute approximate surface area is 170 Å². The van der Waals surface area contributed by atoms with Gasteiger partial charge in [0.05, 0.1) is 25.9 Å². The summed E-state index contributed by atoms with van der Waals surface area (Å²) in [6.45, 7) is 3.15. The molecule has 7 nitrogen and oxygen atoms in total. The highest BCUT2D eigenvalue weighted by atomic mass is 16.5. The number of amides is 3. The average molecular weight is 395 g/mol. The molecule has 2 aliphatic heterocycles. The van der Waals surface area contributed by atoms with Crippen molar-refractivity contribution in [3.63, 3.8) is 0 Å². The molecule has 2 heterocycles. The highest BCUT2D eigenvalue weighted by Gasteiger charge is 2.44. The van der Waals surface area contributed by atoms with Gasteiger partial charge in [-0.1, -0.05) is 24.3 Å². The van der Waals surface area contributed by atoms with Crippen LogP contribution in [0.1, 0.15) is 18.9 Å². The lowest BCUT2D eigenvalue weighted by molar-refractivity contribution is -0.122. The first kappa shape index (κ1) is 19.1. The molecule has 4 rings (SSSR count). The van der Waals surface area contributed by atoms with Gasteiger partial charge in [0.2, 0.25) is 5.91 Å². The number of hydrogen-bond donors (Lipinski definition) is 1. The number of para-hydroxylation sites is 2. The molecule has 2 aromatic rings. The van der Waals surface area contributed by atoms with Gasteiger partial charge in [0, 0.05) is 13.0 Å². The zero-order valence-corrected chi connectivity index (χ0v) is 16.6. The monoisotopic (exact) mass is 395 g/mol. The second-order valence-electron chi connectivity index (χ2n) is 7.22. The predicted octanol–water partition coefficient (Wildman–Crippen LogP) is 2.79. The van der Waals surface area contributed by atoms with Gasteiger partial charge in [-0.15, -0.1) is 0 Å². The number of nitrogens with one attached hydrogen (secondary N) is 1. The lowest BCUT2D eigenvalue weighted by Gasteiger charge is -2.31. The number of ether oxygens (including phenoxy) is 2. The van der Waals surface area contributed by atoms with E-state index in [2.05, 4.69) is 5.32 Å².